The van der Waals surface area contributed by atoms with Gasteiger partial charge in [0.25, 0.3) is 0 Å². The van der Waals surface area contributed by atoms with Crippen molar-refractivity contribution in [2.24, 2.45) is 0 Å². The summed E-state index contributed by atoms with van der Waals surface area (Å²) in [5, 5.41) is 0.259. The summed E-state index contributed by atoms with van der Waals surface area (Å²) in [5.41, 5.74) is -0.126. The first kappa shape index (κ1) is 18.6. The van der Waals surface area contributed by atoms with Crippen molar-refractivity contribution in [1.82, 2.24) is 9.55 Å². The molecule has 0 saturated heterocycles. The molecular formula is C17H11ClF6N2. The number of aromatic nitrogens is 2. The molecule has 0 aliphatic heterocycles. The maximum Gasteiger partial charge on any atom is 0.449 e. The molecule has 0 bridgehead atoms. The number of halogens is 7. The van der Waals surface area contributed by atoms with Gasteiger partial charge in [-0.15, -0.1) is 0 Å². The lowest BCUT2D eigenvalue weighted by atomic mass is 10.1. The van der Waals surface area contributed by atoms with Gasteiger partial charge >= 0.3 is 12.4 Å². The van der Waals surface area contributed by atoms with Crippen molar-refractivity contribution in [3.63, 3.8) is 0 Å². The highest BCUT2D eigenvalue weighted by Crippen LogP contribution is 2.34. The minimum Gasteiger partial charge on any atom is -0.316 e. The zero-order valence-electron chi connectivity index (χ0n) is 13.2. The number of fused-ring (bicyclic) bond motifs is 1. The van der Waals surface area contributed by atoms with Crippen molar-refractivity contribution in [3.05, 3.63) is 63.9 Å². The zero-order valence-corrected chi connectivity index (χ0v) is 14.0. The molecule has 1 heterocycles. The van der Waals surface area contributed by atoms with Gasteiger partial charge in [0.2, 0.25) is 5.82 Å². The summed E-state index contributed by atoms with van der Waals surface area (Å²) in [5.74, 6) is -1.19. The Hall–Kier alpha value is -2.22. The van der Waals surface area contributed by atoms with E-state index in [1.54, 1.807) is 6.92 Å². The minimum atomic E-state index is -4.76. The largest absolute Gasteiger partial charge is 0.449 e. The van der Waals surface area contributed by atoms with Crippen LogP contribution in [0.4, 0.5) is 26.3 Å². The topological polar surface area (TPSA) is 17.8 Å². The third-order valence-corrected chi connectivity index (χ3v) is 4.28. The molecule has 0 unspecified atom stereocenters. The van der Waals surface area contributed by atoms with Crippen LogP contribution >= 0.6 is 11.6 Å². The molecule has 1 aromatic heterocycles. The van der Waals surface area contributed by atoms with Gasteiger partial charge in [0, 0.05) is 11.6 Å². The van der Waals surface area contributed by atoms with E-state index >= 15 is 0 Å². The van der Waals surface area contributed by atoms with E-state index in [0.717, 1.165) is 22.8 Å². The van der Waals surface area contributed by atoms with E-state index < -0.39 is 30.3 Å². The van der Waals surface area contributed by atoms with Crippen molar-refractivity contribution < 1.29 is 26.3 Å². The molecule has 0 saturated carbocycles. The van der Waals surface area contributed by atoms with E-state index in [1.165, 1.54) is 18.2 Å². The molecule has 0 aliphatic rings. The lowest BCUT2D eigenvalue weighted by molar-refractivity contribution is -0.146. The summed E-state index contributed by atoms with van der Waals surface area (Å²) in [6.45, 7) is 1.22. The fourth-order valence-electron chi connectivity index (χ4n) is 2.66. The molecule has 2 nitrogen and oxygen atoms in total. The van der Waals surface area contributed by atoms with Gasteiger partial charge in [0.15, 0.2) is 0 Å². The van der Waals surface area contributed by atoms with Gasteiger partial charge in [-0.25, -0.2) is 4.98 Å². The van der Waals surface area contributed by atoms with Gasteiger partial charge in [-0.3, -0.25) is 0 Å². The number of hydrogen-bond acceptors (Lipinski definition) is 1. The Morgan fingerprint density at radius 1 is 1.00 bits per heavy atom. The van der Waals surface area contributed by atoms with Crippen LogP contribution in [0.25, 0.3) is 11.0 Å². The van der Waals surface area contributed by atoms with Crippen LogP contribution in [-0.4, -0.2) is 9.55 Å². The molecule has 3 aromatic rings. The van der Waals surface area contributed by atoms with E-state index in [1.807, 2.05) is 0 Å². The number of rotatable bonds is 2. The lowest BCUT2D eigenvalue weighted by Gasteiger charge is -2.13. The maximum absolute atomic E-state index is 13.4. The van der Waals surface area contributed by atoms with Gasteiger partial charge in [0.1, 0.15) is 0 Å². The highest BCUT2D eigenvalue weighted by Gasteiger charge is 2.38. The van der Waals surface area contributed by atoms with Crippen molar-refractivity contribution in [1.29, 1.82) is 0 Å². The van der Waals surface area contributed by atoms with Gasteiger partial charge in [0.05, 0.1) is 16.6 Å². The van der Waals surface area contributed by atoms with Crippen LogP contribution in [-0.2, 0) is 18.9 Å². The predicted octanol–water partition coefficient (Wildman–Crippen LogP) is 6.08. The van der Waals surface area contributed by atoms with Crippen molar-refractivity contribution in [2.45, 2.75) is 25.8 Å². The van der Waals surface area contributed by atoms with Crippen LogP contribution in [0.15, 0.2) is 36.4 Å². The lowest BCUT2D eigenvalue weighted by Crippen LogP contribution is -2.16. The molecule has 138 valence electrons. The third kappa shape index (κ3) is 3.51. The molecule has 0 atom stereocenters. The van der Waals surface area contributed by atoms with Crippen molar-refractivity contribution in [3.8, 4) is 0 Å². The fraction of sp³-hybridized carbons (Fsp3) is 0.235. The predicted molar refractivity (Wildman–Crippen MR) is 85.0 cm³/mol. The Bertz CT molecular complexity index is 972. The van der Waals surface area contributed by atoms with Crippen LogP contribution in [0.3, 0.4) is 0 Å². The Morgan fingerprint density at radius 2 is 1.69 bits per heavy atom. The second kappa shape index (κ2) is 6.19. The molecule has 2 aromatic carbocycles. The van der Waals surface area contributed by atoms with E-state index in [-0.39, 0.29) is 21.6 Å². The molecule has 0 fully saturated rings. The molecule has 9 heteroatoms. The Kier molecular flexibility index (Phi) is 4.42. The maximum atomic E-state index is 13.4. The van der Waals surface area contributed by atoms with Gasteiger partial charge in [-0.2, -0.15) is 26.3 Å². The van der Waals surface area contributed by atoms with E-state index in [0.29, 0.717) is 5.56 Å². The number of benzene rings is 2. The summed E-state index contributed by atoms with van der Waals surface area (Å²) in [6.07, 6.45) is -9.34. The number of nitrogens with zero attached hydrogens (tertiary/aromatic N) is 2. The number of hydrogen-bond donors (Lipinski definition) is 0. The highest BCUT2D eigenvalue weighted by atomic mass is 35.5. The summed E-state index contributed by atoms with van der Waals surface area (Å²) < 4.78 is 79.5. The van der Waals surface area contributed by atoms with Crippen LogP contribution in [0, 0.1) is 6.92 Å². The normalized spacial score (nSPS) is 12.8. The van der Waals surface area contributed by atoms with Crippen LogP contribution in [0.5, 0.6) is 0 Å². The van der Waals surface area contributed by atoms with Gasteiger partial charge in [-0.05, 0) is 42.3 Å². The molecule has 26 heavy (non-hydrogen) atoms. The van der Waals surface area contributed by atoms with Crippen LogP contribution in [0.2, 0.25) is 5.02 Å². The molecule has 3 rings (SSSR count). The van der Waals surface area contributed by atoms with Crippen LogP contribution < -0.4 is 0 Å². The standard InChI is InChI=1S/C17H11ClF6N2/c1-9-5-14-13(7-12(9)18)25-15(17(22,23)24)26(14)8-10-3-2-4-11(6-10)16(19,20)21/h2-7H,8H2,1H3. The average molecular weight is 393 g/mol. The fourth-order valence-corrected chi connectivity index (χ4v) is 2.81. The van der Waals surface area contributed by atoms with Gasteiger partial charge in [-0.1, -0.05) is 23.7 Å². The molecule has 0 aliphatic carbocycles. The molecule has 0 spiro atoms. The molecular weight excluding hydrogens is 382 g/mol. The second-order valence-electron chi connectivity index (χ2n) is 5.81. The van der Waals surface area contributed by atoms with Gasteiger partial charge < -0.3 is 4.57 Å². The van der Waals surface area contributed by atoms with E-state index in [9.17, 15) is 26.3 Å². The Morgan fingerprint density at radius 3 is 2.31 bits per heavy atom. The Labute approximate surface area is 149 Å². The number of imidazole rings is 1. The highest BCUT2D eigenvalue weighted by molar-refractivity contribution is 6.32. The van der Waals surface area contributed by atoms with Crippen LogP contribution in [0.1, 0.15) is 22.5 Å². The average Bonchev–Trinajstić information content (AvgIpc) is 2.85. The smallest absolute Gasteiger partial charge is 0.316 e. The molecule has 0 radical (unpaired) electrons. The molecule has 0 amide bonds. The summed E-state index contributed by atoms with van der Waals surface area (Å²) in [4.78, 5) is 3.58. The zero-order chi connectivity index (χ0) is 19.3. The SMILES string of the molecule is Cc1cc2c(cc1Cl)nc(C(F)(F)F)n2Cc1cccc(C(F)(F)F)c1. The van der Waals surface area contributed by atoms with Crippen molar-refractivity contribution in [2.75, 3.05) is 0 Å². The van der Waals surface area contributed by atoms with E-state index in [4.69, 9.17) is 11.6 Å². The molecule has 0 N–H and O–H groups in total. The quantitative estimate of drug-likeness (QED) is 0.483. The summed E-state index contributed by atoms with van der Waals surface area (Å²) >= 11 is 5.94. The Balaban J connectivity index is 2.16. The first-order valence-electron chi connectivity index (χ1n) is 7.36. The first-order chi connectivity index (χ1) is 12.0. The third-order valence-electron chi connectivity index (χ3n) is 3.88. The number of alkyl halides is 6. The summed E-state index contributed by atoms with van der Waals surface area (Å²) in [7, 11) is 0. The monoisotopic (exact) mass is 392 g/mol. The van der Waals surface area contributed by atoms with Crippen molar-refractivity contribution >= 4 is 22.6 Å². The van der Waals surface area contributed by atoms with E-state index in [2.05, 4.69) is 4.98 Å². The summed E-state index contributed by atoms with van der Waals surface area (Å²) in [6, 6.07) is 6.94. The first-order valence-corrected chi connectivity index (χ1v) is 7.74. The minimum absolute atomic E-state index is 0.0277. The number of aryl methyl sites for hydroxylation is 1. The second-order valence-corrected chi connectivity index (χ2v) is 6.21.